The predicted molar refractivity (Wildman–Crippen MR) is 74.0 cm³/mol. The lowest BCUT2D eigenvalue weighted by Gasteiger charge is -2.12. The minimum atomic E-state index is -0.914. The largest absolute Gasteiger partial charge is 0.462 e. The van der Waals surface area contributed by atoms with Crippen molar-refractivity contribution < 1.29 is 19.0 Å². The molecule has 0 bridgehead atoms. The zero-order chi connectivity index (χ0) is 15.4. The third-order valence-corrected chi connectivity index (χ3v) is 2.98. The lowest BCUT2D eigenvalue weighted by Crippen LogP contribution is -2.14. The maximum absolute atomic E-state index is 12.8. The molecule has 0 radical (unpaired) electrons. The van der Waals surface area contributed by atoms with E-state index in [0.717, 1.165) is 0 Å². The number of rotatable bonds is 5. The summed E-state index contributed by atoms with van der Waals surface area (Å²) in [5.74, 6) is -0.818. The Labute approximate surface area is 120 Å². The Kier molecular flexibility index (Phi) is 4.54. The smallest absolute Gasteiger partial charge is 0.343 e. The average molecular weight is 293 g/mol. The maximum Gasteiger partial charge on any atom is 0.343 e. The molecule has 0 amide bonds. The Morgan fingerprint density at radius 3 is 2.76 bits per heavy atom. The van der Waals surface area contributed by atoms with Gasteiger partial charge in [-0.15, -0.1) is 0 Å². The molecule has 21 heavy (non-hydrogen) atoms. The van der Waals surface area contributed by atoms with Crippen LogP contribution in [0.5, 0.6) is 0 Å². The third kappa shape index (κ3) is 3.38. The van der Waals surface area contributed by atoms with Crippen LogP contribution in [0.2, 0.25) is 0 Å². The summed E-state index contributed by atoms with van der Waals surface area (Å²) in [7, 11) is 0. The molecule has 112 valence electrons. The lowest BCUT2D eigenvalue weighted by atomic mass is 10.1. The molecular formula is C14H16FN3O3. The van der Waals surface area contributed by atoms with Crippen molar-refractivity contribution in [2.45, 2.75) is 19.6 Å². The molecule has 2 rings (SSSR count). The van der Waals surface area contributed by atoms with Crippen LogP contribution in [0.3, 0.4) is 0 Å². The van der Waals surface area contributed by atoms with Crippen molar-refractivity contribution in [2.24, 2.45) is 0 Å². The molecule has 1 heterocycles. The first-order valence-corrected chi connectivity index (χ1v) is 6.44. The van der Waals surface area contributed by atoms with Gasteiger partial charge in [0.15, 0.2) is 0 Å². The first-order valence-electron chi connectivity index (χ1n) is 6.44. The highest BCUT2D eigenvalue weighted by Gasteiger charge is 2.18. The van der Waals surface area contributed by atoms with Gasteiger partial charge in [-0.05, 0) is 24.6 Å². The van der Waals surface area contributed by atoms with Gasteiger partial charge in [-0.25, -0.2) is 13.9 Å². The highest BCUT2D eigenvalue weighted by molar-refractivity contribution is 5.93. The number of hydrogen-bond donors (Lipinski definition) is 2. The number of aliphatic hydroxyl groups is 1. The summed E-state index contributed by atoms with van der Waals surface area (Å²) in [6.07, 6.45) is 0.382. The SMILES string of the molecule is CCOC(=O)c1cnn(CC(O)c2ccc(F)cc2)c1N. The van der Waals surface area contributed by atoms with Gasteiger partial charge in [0.25, 0.3) is 0 Å². The number of carbonyl (C=O) groups is 1. The molecule has 3 N–H and O–H groups in total. The molecule has 0 aliphatic carbocycles. The van der Waals surface area contributed by atoms with Crippen LogP contribution in [0.25, 0.3) is 0 Å². The number of hydrogen-bond acceptors (Lipinski definition) is 5. The Morgan fingerprint density at radius 1 is 1.48 bits per heavy atom. The summed E-state index contributed by atoms with van der Waals surface area (Å²) in [6.45, 7) is 1.98. The molecule has 1 atom stereocenters. The minimum absolute atomic E-state index is 0.0525. The van der Waals surface area contributed by atoms with Crippen molar-refractivity contribution in [2.75, 3.05) is 12.3 Å². The zero-order valence-corrected chi connectivity index (χ0v) is 11.5. The number of nitrogen functional groups attached to an aromatic ring is 1. The van der Waals surface area contributed by atoms with E-state index in [1.807, 2.05) is 0 Å². The van der Waals surface area contributed by atoms with Gasteiger partial charge in [0.2, 0.25) is 0 Å². The van der Waals surface area contributed by atoms with Crippen LogP contribution in [0, 0.1) is 5.82 Å². The van der Waals surface area contributed by atoms with Crippen molar-refractivity contribution in [3.05, 3.63) is 47.4 Å². The number of ether oxygens (including phenoxy) is 1. The molecule has 0 aliphatic heterocycles. The molecule has 0 fully saturated rings. The minimum Gasteiger partial charge on any atom is -0.462 e. The molecule has 1 unspecified atom stereocenters. The number of esters is 1. The van der Waals surface area contributed by atoms with Crippen LogP contribution < -0.4 is 5.73 Å². The van der Waals surface area contributed by atoms with Crippen LogP contribution in [-0.2, 0) is 11.3 Å². The zero-order valence-electron chi connectivity index (χ0n) is 11.5. The summed E-state index contributed by atoms with van der Waals surface area (Å²) < 4.78 is 19.0. The quantitative estimate of drug-likeness (QED) is 0.816. The second-order valence-corrected chi connectivity index (χ2v) is 4.41. The Hall–Kier alpha value is -2.41. The Bertz CT molecular complexity index is 625. The first-order chi connectivity index (χ1) is 10.0. The summed E-state index contributed by atoms with van der Waals surface area (Å²) in [4.78, 5) is 11.6. The van der Waals surface area contributed by atoms with Crippen LogP contribution >= 0.6 is 0 Å². The molecule has 7 heteroatoms. The number of carbonyl (C=O) groups excluding carboxylic acids is 1. The van der Waals surface area contributed by atoms with Gasteiger partial charge >= 0.3 is 5.97 Å². The Morgan fingerprint density at radius 2 is 2.14 bits per heavy atom. The van der Waals surface area contributed by atoms with Gasteiger partial charge in [-0.2, -0.15) is 5.10 Å². The van der Waals surface area contributed by atoms with Crippen molar-refractivity contribution in [1.82, 2.24) is 9.78 Å². The summed E-state index contributed by atoms with van der Waals surface area (Å²) in [6, 6.07) is 5.47. The van der Waals surface area contributed by atoms with Crippen LogP contribution in [0.1, 0.15) is 28.9 Å². The van der Waals surface area contributed by atoms with E-state index in [4.69, 9.17) is 10.5 Å². The summed E-state index contributed by atoms with van der Waals surface area (Å²) in [5, 5.41) is 14.0. The van der Waals surface area contributed by atoms with E-state index in [1.165, 1.54) is 35.1 Å². The molecule has 0 saturated heterocycles. The van der Waals surface area contributed by atoms with E-state index < -0.39 is 12.1 Å². The highest BCUT2D eigenvalue weighted by atomic mass is 19.1. The van der Waals surface area contributed by atoms with Gasteiger partial charge in [-0.3, -0.25) is 0 Å². The number of benzene rings is 1. The van der Waals surface area contributed by atoms with Gasteiger partial charge < -0.3 is 15.6 Å². The van der Waals surface area contributed by atoms with Crippen LogP contribution in [0.15, 0.2) is 30.5 Å². The van der Waals surface area contributed by atoms with Gasteiger partial charge in [0, 0.05) is 0 Å². The molecule has 2 aromatic rings. The van der Waals surface area contributed by atoms with Gasteiger partial charge in [0.1, 0.15) is 17.2 Å². The van der Waals surface area contributed by atoms with E-state index in [0.29, 0.717) is 5.56 Å². The molecule has 1 aromatic carbocycles. The topological polar surface area (TPSA) is 90.4 Å². The van der Waals surface area contributed by atoms with Gasteiger partial charge in [-0.1, -0.05) is 12.1 Å². The number of halogens is 1. The van der Waals surface area contributed by atoms with E-state index in [9.17, 15) is 14.3 Å². The fraction of sp³-hybridized carbons (Fsp3) is 0.286. The van der Waals surface area contributed by atoms with Crippen molar-refractivity contribution in [1.29, 1.82) is 0 Å². The second kappa shape index (κ2) is 6.36. The number of nitrogens with two attached hydrogens (primary N) is 1. The fourth-order valence-corrected chi connectivity index (χ4v) is 1.86. The third-order valence-electron chi connectivity index (χ3n) is 2.98. The number of anilines is 1. The standard InChI is InChI=1S/C14H16FN3O3/c1-2-21-14(20)11-7-17-18(13(11)16)8-12(19)9-3-5-10(15)6-4-9/h3-7,12,19H,2,8,16H2,1H3. The van der Waals surface area contributed by atoms with E-state index >= 15 is 0 Å². The van der Waals surface area contributed by atoms with E-state index in [-0.39, 0.29) is 30.4 Å². The lowest BCUT2D eigenvalue weighted by molar-refractivity contribution is 0.0527. The molecule has 0 saturated carbocycles. The molecule has 6 nitrogen and oxygen atoms in total. The Balaban J connectivity index is 2.13. The number of aromatic nitrogens is 2. The normalized spacial score (nSPS) is 12.1. The predicted octanol–water partition coefficient (Wildman–Crippen LogP) is 1.51. The van der Waals surface area contributed by atoms with E-state index in [2.05, 4.69) is 5.10 Å². The van der Waals surface area contributed by atoms with Gasteiger partial charge in [0.05, 0.1) is 25.5 Å². The van der Waals surface area contributed by atoms with Crippen LogP contribution in [-0.4, -0.2) is 27.5 Å². The second-order valence-electron chi connectivity index (χ2n) is 4.41. The summed E-state index contributed by atoms with van der Waals surface area (Å²) in [5.41, 5.74) is 6.50. The van der Waals surface area contributed by atoms with Crippen molar-refractivity contribution >= 4 is 11.8 Å². The monoisotopic (exact) mass is 293 g/mol. The molecular weight excluding hydrogens is 277 g/mol. The van der Waals surface area contributed by atoms with Crippen molar-refractivity contribution in [3.63, 3.8) is 0 Å². The number of aliphatic hydroxyl groups excluding tert-OH is 1. The van der Waals surface area contributed by atoms with E-state index in [1.54, 1.807) is 6.92 Å². The fourth-order valence-electron chi connectivity index (χ4n) is 1.86. The maximum atomic E-state index is 12.8. The highest BCUT2D eigenvalue weighted by Crippen LogP contribution is 2.19. The summed E-state index contributed by atoms with van der Waals surface area (Å²) >= 11 is 0. The molecule has 1 aromatic heterocycles. The van der Waals surface area contributed by atoms with Crippen molar-refractivity contribution in [3.8, 4) is 0 Å². The molecule has 0 aliphatic rings. The molecule has 0 spiro atoms. The average Bonchev–Trinajstić information content (AvgIpc) is 2.81. The first kappa shape index (κ1) is 15.0. The van der Waals surface area contributed by atoms with Crippen LogP contribution in [0.4, 0.5) is 10.2 Å². The number of nitrogens with zero attached hydrogens (tertiary/aromatic N) is 2.